The van der Waals surface area contributed by atoms with E-state index in [1.54, 1.807) is 17.8 Å². The van der Waals surface area contributed by atoms with E-state index >= 15 is 0 Å². The van der Waals surface area contributed by atoms with Gasteiger partial charge in [0, 0.05) is 12.3 Å². The average Bonchev–Trinajstić information content (AvgIpc) is 3.26. The van der Waals surface area contributed by atoms with Gasteiger partial charge in [-0.15, -0.1) is 11.8 Å². The predicted octanol–water partition coefficient (Wildman–Crippen LogP) is 5.79. The average molecular weight is 454 g/mol. The third kappa shape index (κ3) is 7.09. The normalized spacial score (nSPS) is 10.7. The fraction of sp³-hybridized carbons (Fsp3) is 0.346. The number of ether oxygens (including phenoxy) is 2. The molecule has 1 N–H and O–H groups in total. The second kappa shape index (κ2) is 12.2. The van der Waals surface area contributed by atoms with Crippen LogP contribution in [-0.4, -0.2) is 25.7 Å². The number of rotatable bonds is 12. The Morgan fingerprint density at radius 3 is 2.38 bits per heavy atom. The molecule has 0 spiro atoms. The molecule has 0 aliphatic rings. The van der Waals surface area contributed by atoms with Crippen molar-refractivity contribution < 1.29 is 18.7 Å². The molecule has 0 unspecified atom stereocenters. The largest absolute Gasteiger partial charge is 0.490 e. The number of thioether (sulfide) groups is 1. The molecule has 3 rings (SSSR count). The van der Waals surface area contributed by atoms with Crippen LogP contribution in [-0.2, 0) is 17.9 Å². The van der Waals surface area contributed by atoms with E-state index < -0.39 is 0 Å². The van der Waals surface area contributed by atoms with Crippen LogP contribution in [0.2, 0.25) is 0 Å². The number of nitrogens with one attached hydrogen (secondary N) is 1. The van der Waals surface area contributed by atoms with Crippen LogP contribution in [0.15, 0.2) is 59.0 Å². The zero-order valence-electron chi connectivity index (χ0n) is 19.0. The number of aryl methyl sites for hydroxylation is 1. The fourth-order valence-corrected chi connectivity index (χ4v) is 4.08. The van der Waals surface area contributed by atoms with E-state index in [4.69, 9.17) is 13.9 Å². The fourth-order valence-electron chi connectivity index (χ4n) is 3.19. The summed E-state index contributed by atoms with van der Waals surface area (Å²) >= 11 is 1.77. The summed E-state index contributed by atoms with van der Waals surface area (Å²) in [5.41, 5.74) is 3.62. The van der Waals surface area contributed by atoms with Crippen LogP contribution in [0.25, 0.3) is 0 Å². The van der Waals surface area contributed by atoms with Crippen molar-refractivity contribution >= 4 is 17.7 Å². The number of carbonyl (C=O) groups excluding carboxylic acids is 1. The summed E-state index contributed by atoms with van der Waals surface area (Å²) in [6, 6.07) is 18.0. The third-order valence-electron chi connectivity index (χ3n) is 4.83. The Labute approximate surface area is 194 Å². The highest BCUT2D eigenvalue weighted by Crippen LogP contribution is 2.28. The molecule has 32 heavy (non-hydrogen) atoms. The highest BCUT2D eigenvalue weighted by atomic mass is 32.2. The van der Waals surface area contributed by atoms with Gasteiger partial charge in [0.1, 0.15) is 5.76 Å². The SMILES string of the molecule is CCOc1ccc(CCNC(=O)c2ccc(CSCc3ccc(C)cc3)o2)cc1OCC. The number of hydrogen-bond donors (Lipinski definition) is 1. The first kappa shape index (κ1) is 23.8. The second-order valence-corrected chi connectivity index (χ2v) is 8.38. The molecule has 0 fully saturated rings. The van der Waals surface area contributed by atoms with Crippen molar-refractivity contribution in [3.05, 3.63) is 82.8 Å². The van der Waals surface area contributed by atoms with Crippen molar-refractivity contribution in [3.63, 3.8) is 0 Å². The quantitative estimate of drug-likeness (QED) is 0.376. The van der Waals surface area contributed by atoms with Gasteiger partial charge in [0.25, 0.3) is 5.91 Å². The Balaban J connectivity index is 1.44. The number of amides is 1. The van der Waals surface area contributed by atoms with E-state index in [1.807, 2.05) is 38.1 Å². The number of benzene rings is 2. The molecule has 5 nitrogen and oxygen atoms in total. The van der Waals surface area contributed by atoms with Crippen molar-refractivity contribution in [2.24, 2.45) is 0 Å². The summed E-state index contributed by atoms with van der Waals surface area (Å²) in [5.74, 6) is 4.07. The zero-order valence-corrected chi connectivity index (χ0v) is 19.8. The summed E-state index contributed by atoms with van der Waals surface area (Å²) in [7, 11) is 0. The van der Waals surface area contributed by atoms with Crippen LogP contribution in [0.5, 0.6) is 11.5 Å². The molecule has 6 heteroatoms. The lowest BCUT2D eigenvalue weighted by atomic mass is 10.1. The van der Waals surface area contributed by atoms with Gasteiger partial charge in [-0.05, 0) is 62.6 Å². The maximum Gasteiger partial charge on any atom is 0.287 e. The number of carbonyl (C=O) groups is 1. The second-order valence-electron chi connectivity index (χ2n) is 7.40. The molecule has 0 aliphatic carbocycles. The molecule has 170 valence electrons. The maximum atomic E-state index is 12.4. The zero-order chi connectivity index (χ0) is 22.8. The predicted molar refractivity (Wildman–Crippen MR) is 130 cm³/mol. The molecule has 0 atom stereocenters. The van der Waals surface area contributed by atoms with Crippen LogP contribution < -0.4 is 14.8 Å². The molecule has 1 amide bonds. The van der Waals surface area contributed by atoms with Crippen LogP contribution in [0, 0.1) is 6.92 Å². The van der Waals surface area contributed by atoms with Crippen molar-refractivity contribution in [2.75, 3.05) is 19.8 Å². The summed E-state index contributed by atoms with van der Waals surface area (Å²) < 4.78 is 17.0. The van der Waals surface area contributed by atoms with Gasteiger partial charge < -0.3 is 19.2 Å². The molecule has 0 bridgehead atoms. The Morgan fingerprint density at radius 1 is 0.906 bits per heavy atom. The first-order chi connectivity index (χ1) is 15.6. The molecule has 0 radical (unpaired) electrons. The number of hydrogen-bond acceptors (Lipinski definition) is 5. The molecule has 1 heterocycles. The minimum Gasteiger partial charge on any atom is -0.490 e. The minimum atomic E-state index is -0.198. The van der Waals surface area contributed by atoms with Crippen LogP contribution >= 0.6 is 11.8 Å². The Morgan fingerprint density at radius 2 is 1.62 bits per heavy atom. The van der Waals surface area contributed by atoms with E-state index in [0.29, 0.717) is 31.9 Å². The molecular formula is C26H31NO4S. The molecule has 3 aromatic rings. The van der Waals surface area contributed by atoms with E-state index in [1.165, 1.54) is 11.1 Å². The van der Waals surface area contributed by atoms with E-state index in [2.05, 4.69) is 36.5 Å². The summed E-state index contributed by atoms with van der Waals surface area (Å²) in [5, 5.41) is 2.93. The molecule has 0 saturated heterocycles. The van der Waals surface area contributed by atoms with Gasteiger partial charge in [-0.2, -0.15) is 0 Å². The van der Waals surface area contributed by atoms with Crippen LogP contribution in [0.4, 0.5) is 0 Å². The van der Waals surface area contributed by atoms with Gasteiger partial charge in [-0.3, -0.25) is 4.79 Å². The third-order valence-corrected chi connectivity index (χ3v) is 5.85. The highest BCUT2D eigenvalue weighted by Gasteiger charge is 2.12. The summed E-state index contributed by atoms with van der Waals surface area (Å²) in [4.78, 5) is 12.4. The van der Waals surface area contributed by atoms with Gasteiger partial charge in [-0.1, -0.05) is 35.9 Å². The van der Waals surface area contributed by atoms with Crippen molar-refractivity contribution in [1.82, 2.24) is 5.32 Å². The molecule has 2 aromatic carbocycles. The topological polar surface area (TPSA) is 60.7 Å². The smallest absolute Gasteiger partial charge is 0.287 e. The monoisotopic (exact) mass is 453 g/mol. The van der Waals surface area contributed by atoms with Gasteiger partial charge >= 0.3 is 0 Å². The maximum absolute atomic E-state index is 12.4. The Bertz CT molecular complexity index is 997. The van der Waals surface area contributed by atoms with E-state index in [9.17, 15) is 4.79 Å². The van der Waals surface area contributed by atoms with Gasteiger partial charge in [0.05, 0.1) is 19.0 Å². The Hall–Kier alpha value is -2.86. The minimum absolute atomic E-state index is 0.198. The lowest BCUT2D eigenvalue weighted by molar-refractivity contribution is 0.0925. The molecule has 0 saturated carbocycles. The molecular weight excluding hydrogens is 422 g/mol. The Kier molecular flexibility index (Phi) is 9.11. The van der Waals surface area contributed by atoms with Crippen LogP contribution in [0.1, 0.15) is 46.9 Å². The van der Waals surface area contributed by atoms with Gasteiger partial charge in [0.15, 0.2) is 17.3 Å². The van der Waals surface area contributed by atoms with Gasteiger partial charge in [0.2, 0.25) is 0 Å². The van der Waals surface area contributed by atoms with E-state index in [-0.39, 0.29) is 5.91 Å². The van der Waals surface area contributed by atoms with Crippen LogP contribution in [0.3, 0.4) is 0 Å². The van der Waals surface area contributed by atoms with Gasteiger partial charge in [-0.25, -0.2) is 0 Å². The summed E-state index contributed by atoms with van der Waals surface area (Å²) in [6.45, 7) is 7.65. The first-order valence-electron chi connectivity index (χ1n) is 11.0. The van der Waals surface area contributed by atoms with E-state index in [0.717, 1.165) is 34.3 Å². The molecule has 0 aliphatic heterocycles. The lowest BCUT2D eigenvalue weighted by Crippen LogP contribution is -2.25. The number of furan rings is 1. The molecule has 1 aromatic heterocycles. The highest BCUT2D eigenvalue weighted by molar-refractivity contribution is 7.97. The van der Waals surface area contributed by atoms with Crippen molar-refractivity contribution in [1.29, 1.82) is 0 Å². The summed E-state index contributed by atoms with van der Waals surface area (Å²) in [6.07, 6.45) is 0.693. The van der Waals surface area contributed by atoms with Crippen molar-refractivity contribution in [3.8, 4) is 11.5 Å². The lowest BCUT2D eigenvalue weighted by Gasteiger charge is -2.12. The standard InChI is InChI=1S/C26H31NO4S/c1-4-29-23-12-10-20(16-25(23)30-5-2)14-15-27-26(28)24-13-11-22(31-24)18-32-17-21-8-6-19(3)7-9-21/h6-13,16H,4-5,14-15,17-18H2,1-3H3,(H,27,28). The first-order valence-corrected chi connectivity index (χ1v) is 12.1. The van der Waals surface area contributed by atoms with Crippen molar-refractivity contribution in [2.45, 2.75) is 38.7 Å².